The molecule has 2 aromatic rings. The summed E-state index contributed by atoms with van der Waals surface area (Å²) >= 11 is 0. The molecule has 7 nitrogen and oxygen atoms in total. The van der Waals surface area contributed by atoms with Gasteiger partial charge in [-0.1, -0.05) is 12.1 Å². The quantitative estimate of drug-likeness (QED) is 0.849. The van der Waals surface area contributed by atoms with E-state index in [-0.39, 0.29) is 4.90 Å². The second-order valence-corrected chi connectivity index (χ2v) is 8.94. The third-order valence-electron chi connectivity index (χ3n) is 5.09. The molecular formula is C20H25N5O2S. The number of anilines is 1. The summed E-state index contributed by atoms with van der Waals surface area (Å²) in [5.74, 6) is 0.495. The van der Waals surface area contributed by atoms with Crippen LogP contribution in [0.1, 0.15) is 17.7 Å². The summed E-state index contributed by atoms with van der Waals surface area (Å²) in [6.07, 6.45) is 2.86. The van der Waals surface area contributed by atoms with Crippen LogP contribution in [0.2, 0.25) is 0 Å². The third-order valence-corrected chi connectivity index (χ3v) is 6.44. The third kappa shape index (κ3) is 4.40. The second kappa shape index (κ2) is 7.98. The number of hydrogen-bond acceptors (Lipinski definition) is 6. The zero-order valence-electron chi connectivity index (χ0n) is 16.0. The lowest BCUT2D eigenvalue weighted by Gasteiger charge is -2.25. The summed E-state index contributed by atoms with van der Waals surface area (Å²) in [6, 6.07) is 11.4. The van der Waals surface area contributed by atoms with Crippen molar-refractivity contribution in [3.63, 3.8) is 0 Å². The molecule has 8 heteroatoms. The zero-order chi connectivity index (χ0) is 19.6. The number of nitrogens with zero attached hydrogens (tertiary/aromatic N) is 4. The van der Waals surface area contributed by atoms with Gasteiger partial charge in [-0.05, 0) is 56.3 Å². The van der Waals surface area contributed by atoms with E-state index in [1.165, 1.54) is 0 Å². The van der Waals surface area contributed by atoms with Crippen molar-refractivity contribution >= 4 is 21.5 Å². The minimum atomic E-state index is -3.64. The molecule has 28 heavy (non-hydrogen) atoms. The van der Waals surface area contributed by atoms with Crippen LogP contribution in [0.5, 0.6) is 0 Å². The lowest BCUT2D eigenvalue weighted by atomic mass is 10.2. The number of aryl methyl sites for hydroxylation is 1. The van der Waals surface area contributed by atoms with Crippen molar-refractivity contribution in [3.8, 4) is 0 Å². The summed E-state index contributed by atoms with van der Waals surface area (Å²) in [7, 11) is -3.64. The van der Waals surface area contributed by atoms with Gasteiger partial charge in [-0.25, -0.2) is 0 Å². The van der Waals surface area contributed by atoms with Crippen molar-refractivity contribution in [2.24, 2.45) is 4.40 Å². The number of rotatable bonds is 4. The zero-order valence-corrected chi connectivity index (χ0v) is 16.8. The number of aromatic nitrogens is 1. The van der Waals surface area contributed by atoms with Crippen LogP contribution in [0.15, 0.2) is 51.9 Å². The molecule has 0 radical (unpaired) electrons. The molecule has 0 aliphatic carbocycles. The van der Waals surface area contributed by atoms with Gasteiger partial charge < -0.3 is 5.32 Å². The predicted molar refractivity (Wildman–Crippen MR) is 110 cm³/mol. The molecule has 1 N–H and O–H groups in total. The summed E-state index contributed by atoms with van der Waals surface area (Å²) < 4.78 is 29.1. The predicted octanol–water partition coefficient (Wildman–Crippen LogP) is 2.11. The fraction of sp³-hybridized carbons (Fsp3) is 0.400. The second-order valence-electron chi connectivity index (χ2n) is 7.36. The lowest BCUT2D eigenvalue weighted by Crippen LogP contribution is -2.38. The van der Waals surface area contributed by atoms with E-state index >= 15 is 0 Å². The van der Waals surface area contributed by atoms with E-state index in [4.69, 9.17) is 0 Å². The van der Waals surface area contributed by atoms with Crippen LogP contribution in [0.4, 0.5) is 5.69 Å². The number of hydrogen-bond donors (Lipinski definition) is 1. The van der Waals surface area contributed by atoms with E-state index in [0.717, 1.165) is 50.4 Å². The number of nitrogens with one attached hydrogen (secondary N) is 1. The molecular weight excluding hydrogens is 374 g/mol. The van der Waals surface area contributed by atoms with Gasteiger partial charge in [-0.15, -0.1) is 4.40 Å². The van der Waals surface area contributed by atoms with Crippen LogP contribution >= 0.6 is 0 Å². The van der Waals surface area contributed by atoms with Gasteiger partial charge in [0.15, 0.2) is 0 Å². The van der Waals surface area contributed by atoms with E-state index in [2.05, 4.69) is 24.5 Å². The fourth-order valence-corrected chi connectivity index (χ4v) is 4.88. The van der Waals surface area contributed by atoms with Crippen LogP contribution in [0, 0.1) is 6.92 Å². The minimum absolute atomic E-state index is 0.258. The Hall–Kier alpha value is -2.29. The van der Waals surface area contributed by atoms with Crippen LogP contribution in [-0.2, 0) is 16.6 Å². The first-order valence-electron chi connectivity index (χ1n) is 9.56. The molecule has 1 saturated heterocycles. The Morgan fingerprint density at radius 2 is 1.82 bits per heavy atom. The standard InChI is InChI=1S/C20H25N5O2S/c1-16-6-7-18-19(13-16)28(26,27)23-20(22-18)15-25-10-4-9-24(11-12-25)14-17-5-2-3-8-21-17/h2-3,5-8,13H,4,9-12,14-15H2,1H3,(H,22,23). The van der Waals surface area contributed by atoms with Gasteiger partial charge in [0.1, 0.15) is 10.7 Å². The average Bonchev–Trinajstić information content (AvgIpc) is 2.88. The summed E-state index contributed by atoms with van der Waals surface area (Å²) in [6.45, 7) is 6.94. The van der Waals surface area contributed by atoms with Crippen molar-refractivity contribution in [3.05, 3.63) is 53.9 Å². The van der Waals surface area contributed by atoms with Crippen LogP contribution in [0.25, 0.3) is 0 Å². The molecule has 0 atom stereocenters. The highest BCUT2D eigenvalue weighted by atomic mass is 32.2. The minimum Gasteiger partial charge on any atom is -0.341 e. The summed E-state index contributed by atoms with van der Waals surface area (Å²) in [5, 5.41) is 3.20. The molecule has 0 unspecified atom stereocenters. The van der Waals surface area contributed by atoms with Gasteiger partial charge in [0, 0.05) is 25.8 Å². The summed E-state index contributed by atoms with van der Waals surface area (Å²) in [4.78, 5) is 9.33. The molecule has 2 aliphatic heterocycles. The van der Waals surface area contributed by atoms with Crippen molar-refractivity contribution in [2.45, 2.75) is 24.8 Å². The summed E-state index contributed by atoms with van der Waals surface area (Å²) in [5.41, 5.74) is 2.60. The highest BCUT2D eigenvalue weighted by Crippen LogP contribution is 2.28. The molecule has 0 spiro atoms. The average molecular weight is 400 g/mol. The van der Waals surface area contributed by atoms with Gasteiger partial charge in [-0.2, -0.15) is 8.42 Å². The molecule has 0 amide bonds. The van der Waals surface area contributed by atoms with Crippen molar-refractivity contribution in [1.29, 1.82) is 0 Å². The maximum Gasteiger partial charge on any atom is 0.286 e. The number of sulfonamides is 1. The maximum absolute atomic E-state index is 12.5. The molecule has 1 aromatic carbocycles. The Morgan fingerprint density at radius 1 is 1.04 bits per heavy atom. The Bertz CT molecular complexity index is 975. The van der Waals surface area contributed by atoms with E-state index in [9.17, 15) is 8.42 Å². The van der Waals surface area contributed by atoms with Crippen LogP contribution < -0.4 is 5.32 Å². The smallest absolute Gasteiger partial charge is 0.286 e. The number of pyridine rings is 1. The highest BCUT2D eigenvalue weighted by Gasteiger charge is 2.26. The Labute approximate surface area is 166 Å². The van der Waals surface area contributed by atoms with Gasteiger partial charge in [-0.3, -0.25) is 14.8 Å². The number of benzene rings is 1. The van der Waals surface area contributed by atoms with Gasteiger partial charge >= 0.3 is 0 Å². The monoisotopic (exact) mass is 399 g/mol. The first-order valence-corrected chi connectivity index (χ1v) is 11.0. The molecule has 0 saturated carbocycles. The molecule has 1 aromatic heterocycles. The molecule has 3 heterocycles. The van der Waals surface area contributed by atoms with E-state index in [0.29, 0.717) is 18.1 Å². The number of fused-ring (bicyclic) bond motifs is 1. The highest BCUT2D eigenvalue weighted by molar-refractivity contribution is 7.90. The van der Waals surface area contributed by atoms with E-state index in [1.807, 2.05) is 43.5 Å². The molecule has 148 valence electrons. The van der Waals surface area contributed by atoms with Crippen molar-refractivity contribution in [2.75, 3.05) is 38.0 Å². The molecule has 2 aliphatic rings. The van der Waals surface area contributed by atoms with Gasteiger partial charge in [0.05, 0.1) is 17.9 Å². The Balaban J connectivity index is 1.40. The lowest BCUT2D eigenvalue weighted by molar-refractivity contribution is 0.262. The number of amidine groups is 1. The largest absolute Gasteiger partial charge is 0.341 e. The van der Waals surface area contributed by atoms with E-state index in [1.54, 1.807) is 6.07 Å². The maximum atomic E-state index is 12.5. The topological polar surface area (TPSA) is 77.9 Å². The molecule has 0 bridgehead atoms. The molecule has 1 fully saturated rings. The van der Waals surface area contributed by atoms with Gasteiger partial charge in [0.2, 0.25) is 0 Å². The van der Waals surface area contributed by atoms with Crippen molar-refractivity contribution < 1.29 is 8.42 Å². The fourth-order valence-electron chi connectivity index (χ4n) is 3.66. The molecule has 4 rings (SSSR count). The first-order chi connectivity index (χ1) is 13.5. The van der Waals surface area contributed by atoms with Gasteiger partial charge in [0.25, 0.3) is 10.0 Å². The normalized spacial score (nSPS) is 20.0. The van der Waals surface area contributed by atoms with Crippen LogP contribution in [0.3, 0.4) is 0 Å². The Morgan fingerprint density at radius 3 is 2.57 bits per heavy atom. The van der Waals surface area contributed by atoms with Crippen LogP contribution in [-0.4, -0.2) is 61.8 Å². The van der Waals surface area contributed by atoms with Crippen molar-refractivity contribution in [1.82, 2.24) is 14.8 Å². The SMILES string of the molecule is Cc1ccc2c(c1)S(=O)(=O)N=C(CN1CCCN(Cc3ccccn3)CC1)N2. The first kappa shape index (κ1) is 19.0. The Kier molecular flexibility index (Phi) is 5.43. The van der Waals surface area contributed by atoms with E-state index < -0.39 is 10.0 Å².